The summed E-state index contributed by atoms with van der Waals surface area (Å²) in [6.07, 6.45) is 2.44. The Labute approximate surface area is 94.6 Å². The van der Waals surface area contributed by atoms with Crippen LogP contribution in [0, 0.1) is 0 Å². The summed E-state index contributed by atoms with van der Waals surface area (Å²) in [5, 5.41) is 0. The van der Waals surface area contributed by atoms with Crippen molar-refractivity contribution in [2.45, 2.75) is 6.42 Å². The Morgan fingerprint density at radius 3 is 2.62 bits per heavy atom. The van der Waals surface area contributed by atoms with E-state index in [1.54, 1.807) is 6.26 Å². The normalized spacial score (nSPS) is 11.6. The van der Waals surface area contributed by atoms with E-state index in [1.165, 1.54) is 0 Å². The minimum Gasteiger partial charge on any atom is -0.469 e. The number of rotatable bonds is 4. The van der Waals surface area contributed by atoms with Crippen molar-refractivity contribution in [3.8, 4) is 0 Å². The fourth-order valence-electron chi connectivity index (χ4n) is 1.44. The minimum atomic E-state index is 0.576. The van der Waals surface area contributed by atoms with Crippen LogP contribution in [-0.4, -0.2) is 12.4 Å². The first-order valence-corrected chi connectivity index (χ1v) is 5.24. The molecule has 0 unspecified atom stereocenters. The molecule has 0 saturated carbocycles. The minimum absolute atomic E-state index is 0.576. The van der Waals surface area contributed by atoms with Gasteiger partial charge in [-0.1, -0.05) is 30.3 Å². The van der Waals surface area contributed by atoms with E-state index in [1.807, 2.05) is 42.5 Å². The van der Waals surface area contributed by atoms with E-state index in [4.69, 9.17) is 10.2 Å². The average molecular weight is 214 g/mol. The van der Waals surface area contributed by atoms with E-state index in [2.05, 4.69) is 4.99 Å². The summed E-state index contributed by atoms with van der Waals surface area (Å²) < 4.78 is 5.21. The first-order valence-electron chi connectivity index (χ1n) is 5.24. The Hall–Kier alpha value is -2.03. The number of benzene rings is 1. The van der Waals surface area contributed by atoms with Crippen LogP contribution >= 0.6 is 0 Å². The average Bonchev–Trinajstić information content (AvgIpc) is 2.83. The van der Waals surface area contributed by atoms with E-state index in [9.17, 15) is 0 Å². The second-order valence-electron chi connectivity index (χ2n) is 3.46. The largest absolute Gasteiger partial charge is 0.469 e. The van der Waals surface area contributed by atoms with Crippen molar-refractivity contribution in [3.05, 3.63) is 60.1 Å². The number of furan rings is 1. The lowest BCUT2D eigenvalue weighted by Crippen LogP contribution is -2.14. The summed E-state index contributed by atoms with van der Waals surface area (Å²) in [4.78, 5) is 4.30. The number of hydrogen-bond acceptors (Lipinski definition) is 2. The predicted molar refractivity (Wildman–Crippen MR) is 64.4 cm³/mol. The highest BCUT2D eigenvalue weighted by Crippen LogP contribution is 2.02. The van der Waals surface area contributed by atoms with Gasteiger partial charge in [0.25, 0.3) is 0 Å². The van der Waals surface area contributed by atoms with Crippen LogP contribution < -0.4 is 5.73 Å². The monoisotopic (exact) mass is 214 g/mol. The van der Waals surface area contributed by atoms with E-state index < -0.39 is 0 Å². The lowest BCUT2D eigenvalue weighted by atomic mass is 10.2. The van der Waals surface area contributed by atoms with Crippen LogP contribution in [0.2, 0.25) is 0 Å². The lowest BCUT2D eigenvalue weighted by molar-refractivity contribution is 0.511. The summed E-state index contributed by atoms with van der Waals surface area (Å²) in [5.74, 6) is 1.51. The maximum atomic E-state index is 5.85. The molecule has 3 nitrogen and oxygen atoms in total. The predicted octanol–water partition coefficient (Wildman–Crippen LogP) is 2.23. The molecule has 1 aromatic heterocycles. The number of nitrogens with two attached hydrogens (primary N) is 1. The van der Waals surface area contributed by atoms with Gasteiger partial charge in [-0.3, -0.25) is 4.99 Å². The van der Waals surface area contributed by atoms with Crippen molar-refractivity contribution < 1.29 is 4.42 Å². The van der Waals surface area contributed by atoms with E-state index in [0.29, 0.717) is 12.4 Å². The zero-order chi connectivity index (χ0) is 11.2. The second-order valence-corrected chi connectivity index (χ2v) is 3.46. The molecule has 0 bridgehead atoms. The van der Waals surface area contributed by atoms with Crippen LogP contribution in [0.15, 0.2) is 58.1 Å². The van der Waals surface area contributed by atoms with Gasteiger partial charge in [-0.25, -0.2) is 0 Å². The van der Waals surface area contributed by atoms with E-state index in [-0.39, 0.29) is 0 Å². The number of aliphatic imine (C=N–C) groups is 1. The van der Waals surface area contributed by atoms with Gasteiger partial charge in [0.05, 0.1) is 6.26 Å². The summed E-state index contributed by atoms with van der Waals surface area (Å²) in [7, 11) is 0. The van der Waals surface area contributed by atoms with Crippen molar-refractivity contribution >= 4 is 5.84 Å². The van der Waals surface area contributed by atoms with Gasteiger partial charge in [-0.05, 0) is 12.1 Å². The number of nitrogens with zero attached hydrogens (tertiary/aromatic N) is 1. The number of amidine groups is 1. The van der Waals surface area contributed by atoms with Crippen molar-refractivity contribution in [2.75, 3.05) is 6.54 Å². The van der Waals surface area contributed by atoms with Crippen molar-refractivity contribution in [1.82, 2.24) is 0 Å². The van der Waals surface area contributed by atoms with Gasteiger partial charge in [0.15, 0.2) is 0 Å². The molecule has 0 spiro atoms. The van der Waals surface area contributed by atoms with Crippen LogP contribution in [0.4, 0.5) is 0 Å². The van der Waals surface area contributed by atoms with Gasteiger partial charge < -0.3 is 10.2 Å². The smallest absolute Gasteiger partial charge is 0.125 e. The molecule has 0 atom stereocenters. The van der Waals surface area contributed by atoms with Gasteiger partial charge in [-0.2, -0.15) is 0 Å². The molecule has 3 heteroatoms. The molecule has 0 aliphatic rings. The zero-order valence-corrected chi connectivity index (χ0v) is 8.97. The molecule has 0 fully saturated rings. The summed E-state index contributed by atoms with van der Waals surface area (Å²) in [5.41, 5.74) is 6.81. The summed E-state index contributed by atoms with van der Waals surface area (Å²) >= 11 is 0. The van der Waals surface area contributed by atoms with Gasteiger partial charge >= 0.3 is 0 Å². The Morgan fingerprint density at radius 1 is 1.12 bits per heavy atom. The highest BCUT2D eigenvalue weighted by molar-refractivity contribution is 5.97. The number of hydrogen-bond donors (Lipinski definition) is 1. The third-order valence-corrected chi connectivity index (χ3v) is 2.29. The zero-order valence-electron chi connectivity index (χ0n) is 8.97. The quantitative estimate of drug-likeness (QED) is 0.626. The fourth-order valence-corrected chi connectivity index (χ4v) is 1.44. The van der Waals surface area contributed by atoms with Crippen LogP contribution in [-0.2, 0) is 6.42 Å². The van der Waals surface area contributed by atoms with Crippen LogP contribution in [0.5, 0.6) is 0 Å². The maximum absolute atomic E-state index is 5.85. The standard InChI is InChI=1S/C13H14N2O/c14-13(11-5-2-1-3-6-11)15-9-8-12-7-4-10-16-12/h1-7,10H,8-9H2,(H2,14,15). The van der Waals surface area contributed by atoms with Gasteiger partial charge in [-0.15, -0.1) is 0 Å². The molecule has 0 aliphatic carbocycles. The highest BCUT2D eigenvalue weighted by atomic mass is 16.3. The fraction of sp³-hybridized carbons (Fsp3) is 0.154. The van der Waals surface area contributed by atoms with Crippen LogP contribution in [0.1, 0.15) is 11.3 Å². The Kier molecular flexibility index (Phi) is 3.38. The topological polar surface area (TPSA) is 51.5 Å². The van der Waals surface area contributed by atoms with E-state index >= 15 is 0 Å². The molecular weight excluding hydrogens is 200 g/mol. The Balaban J connectivity index is 1.93. The molecule has 0 aliphatic heterocycles. The first kappa shape index (κ1) is 10.5. The molecule has 2 N–H and O–H groups in total. The molecule has 1 aromatic carbocycles. The summed E-state index contributed by atoms with van der Waals surface area (Å²) in [6, 6.07) is 13.6. The third-order valence-electron chi connectivity index (χ3n) is 2.29. The molecule has 0 saturated heterocycles. The molecule has 0 amide bonds. The Bertz CT molecular complexity index is 446. The second kappa shape index (κ2) is 5.16. The molecular formula is C13H14N2O. The summed E-state index contributed by atoms with van der Waals surface area (Å²) in [6.45, 7) is 0.647. The SMILES string of the molecule is NC(=NCCc1ccco1)c1ccccc1. The maximum Gasteiger partial charge on any atom is 0.125 e. The molecule has 16 heavy (non-hydrogen) atoms. The van der Waals surface area contributed by atoms with Crippen molar-refractivity contribution in [1.29, 1.82) is 0 Å². The lowest BCUT2D eigenvalue weighted by Gasteiger charge is -1.99. The van der Waals surface area contributed by atoms with Crippen molar-refractivity contribution in [3.63, 3.8) is 0 Å². The van der Waals surface area contributed by atoms with E-state index in [0.717, 1.165) is 17.7 Å². The molecule has 0 radical (unpaired) electrons. The third kappa shape index (κ3) is 2.73. The highest BCUT2D eigenvalue weighted by Gasteiger charge is 1.97. The van der Waals surface area contributed by atoms with Crippen LogP contribution in [0.25, 0.3) is 0 Å². The van der Waals surface area contributed by atoms with Crippen molar-refractivity contribution in [2.24, 2.45) is 10.7 Å². The van der Waals surface area contributed by atoms with Crippen LogP contribution in [0.3, 0.4) is 0 Å². The molecule has 2 rings (SSSR count). The van der Waals surface area contributed by atoms with Gasteiger partial charge in [0, 0.05) is 18.5 Å². The molecule has 82 valence electrons. The molecule has 2 aromatic rings. The van der Waals surface area contributed by atoms with Gasteiger partial charge in [0.2, 0.25) is 0 Å². The first-order chi connectivity index (χ1) is 7.86. The molecule has 1 heterocycles. The van der Waals surface area contributed by atoms with Gasteiger partial charge in [0.1, 0.15) is 11.6 Å². The Morgan fingerprint density at radius 2 is 1.94 bits per heavy atom.